The number of carbonyl (C=O) groups is 1. The van der Waals surface area contributed by atoms with Crippen molar-refractivity contribution in [2.75, 3.05) is 13.6 Å². The smallest absolute Gasteiger partial charge is 0.338 e. The zero-order valence-electron chi connectivity index (χ0n) is 10.7. The predicted molar refractivity (Wildman–Crippen MR) is 69.0 cm³/mol. The van der Waals surface area contributed by atoms with E-state index in [1.807, 2.05) is 7.05 Å². The number of rotatable bonds is 5. The van der Waals surface area contributed by atoms with E-state index >= 15 is 0 Å². The first-order valence-corrected chi connectivity index (χ1v) is 6.20. The summed E-state index contributed by atoms with van der Waals surface area (Å²) in [6, 6.07) is 5.46. The minimum atomic E-state index is -0.497. The van der Waals surface area contributed by atoms with Crippen LogP contribution >= 0.6 is 0 Å². The lowest BCUT2D eigenvalue weighted by Crippen LogP contribution is -2.38. The molecule has 0 spiro atoms. The van der Waals surface area contributed by atoms with E-state index in [-0.39, 0.29) is 11.8 Å². The molecule has 1 aromatic carbocycles. The molecule has 0 heterocycles. The molecule has 1 N–H and O–H groups in total. The monoisotopic (exact) mass is 264 g/mol. The lowest BCUT2D eigenvalue weighted by molar-refractivity contribution is -0.384. The Morgan fingerprint density at radius 1 is 1.42 bits per heavy atom. The Bertz CT molecular complexity index is 466. The molecule has 0 unspecified atom stereocenters. The second-order valence-electron chi connectivity index (χ2n) is 4.73. The van der Waals surface area contributed by atoms with Crippen LogP contribution in [-0.4, -0.2) is 30.6 Å². The molecular formula is C13H16N2O4. The largest absolute Gasteiger partial charge is 0.459 e. The van der Waals surface area contributed by atoms with Gasteiger partial charge in [0.25, 0.3) is 5.69 Å². The van der Waals surface area contributed by atoms with Crippen molar-refractivity contribution in [1.29, 1.82) is 0 Å². The number of nitro benzene ring substituents is 1. The fourth-order valence-electron chi connectivity index (χ4n) is 2.16. The second-order valence-corrected chi connectivity index (χ2v) is 4.73. The average molecular weight is 264 g/mol. The Morgan fingerprint density at radius 2 is 2.05 bits per heavy atom. The molecule has 2 rings (SSSR count). The first-order chi connectivity index (χ1) is 9.10. The summed E-state index contributed by atoms with van der Waals surface area (Å²) >= 11 is 0. The number of non-ortho nitro benzene ring substituents is 1. The maximum absolute atomic E-state index is 11.8. The number of nitrogens with zero attached hydrogens (tertiary/aromatic N) is 1. The zero-order valence-corrected chi connectivity index (χ0v) is 10.7. The number of nitro groups is 1. The molecule has 0 bridgehead atoms. The molecule has 1 aliphatic carbocycles. The van der Waals surface area contributed by atoms with Crippen molar-refractivity contribution in [2.24, 2.45) is 5.92 Å². The van der Waals surface area contributed by atoms with Gasteiger partial charge in [-0.15, -0.1) is 0 Å². The van der Waals surface area contributed by atoms with Crippen LogP contribution in [0.2, 0.25) is 0 Å². The summed E-state index contributed by atoms with van der Waals surface area (Å²) in [7, 11) is 1.90. The highest BCUT2D eigenvalue weighted by Crippen LogP contribution is 2.30. The van der Waals surface area contributed by atoms with Crippen molar-refractivity contribution >= 4 is 11.7 Å². The zero-order chi connectivity index (χ0) is 13.8. The quantitative estimate of drug-likeness (QED) is 0.497. The molecule has 0 atom stereocenters. The maximum atomic E-state index is 11.8. The summed E-state index contributed by atoms with van der Waals surface area (Å²) in [5.74, 6) is 0.155. The summed E-state index contributed by atoms with van der Waals surface area (Å²) in [6.45, 7) is 0.936. The number of carbonyl (C=O) groups excluding carboxylic acids is 1. The molecule has 0 aliphatic heterocycles. The van der Waals surface area contributed by atoms with Crippen molar-refractivity contribution in [3.05, 3.63) is 39.9 Å². The molecule has 0 aromatic heterocycles. The van der Waals surface area contributed by atoms with E-state index in [0.717, 1.165) is 19.4 Å². The Hall–Kier alpha value is -1.95. The van der Waals surface area contributed by atoms with Crippen LogP contribution in [0.3, 0.4) is 0 Å². The van der Waals surface area contributed by atoms with Gasteiger partial charge in [0.1, 0.15) is 6.10 Å². The number of benzene rings is 1. The van der Waals surface area contributed by atoms with E-state index in [1.54, 1.807) is 0 Å². The van der Waals surface area contributed by atoms with E-state index < -0.39 is 10.9 Å². The third-order valence-electron chi connectivity index (χ3n) is 3.27. The Balaban J connectivity index is 1.85. The fraction of sp³-hybridized carbons (Fsp3) is 0.462. The summed E-state index contributed by atoms with van der Waals surface area (Å²) in [6.07, 6.45) is 1.72. The van der Waals surface area contributed by atoms with E-state index in [2.05, 4.69) is 5.32 Å². The molecule has 102 valence electrons. The second kappa shape index (κ2) is 5.79. The third-order valence-corrected chi connectivity index (χ3v) is 3.27. The predicted octanol–water partition coefficient (Wildman–Crippen LogP) is 1.75. The van der Waals surface area contributed by atoms with Crippen LogP contribution in [0.15, 0.2) is 24.3 Å². The molecule has 1 aliphatic rings. The number of hydrogen-bond acceptors (Lipinski definition) is 5. The molecular weight excluding hydrogens is 248 g/mol. The van der Waals surface area contributed by atoms with Crippen molar-refractivity contribution < 1.29 is 14.5 Å². The number of nitrogens with one attached hydrogen (secondary N) is 1. The van der Waals surface area contributed by atoms with Crippen LogP contribution in [0, 0.1) is 16.0 Å². The van der Waals surface area contributed by atoms with Crippen LogP contribution in [0.5, 0.6) is 0 Å². The topological polar surface area (TPSA) is 81.5 Å². The van der Waals surface area contributed by atoms with Crippen LogP contribution in [0.4, 0.5) is 5.69 Å². The van der Waals surface area contributed by atoms with Crippen LogP contribution < -0.4 is 5.32 Å². The van der Waals surface area contributed by atoms with Gasteiger partial charge in [0.15, 0.2) is 0 Å². The van der Waals surface area contributed by atoms with Gasteiger partial charge in [0.05, 0.1) is 10.5 Å². The van der Waals surface area contributed by atoms with E-state index in [9.17, 15) is 14.9 Å². The molecule has 1 aromatic rings. The third kappa shape index (κ3) is 3.29. The van der Waals surface area contributed by atoms with Gasteiger partial charge in [-0.3, -0.25) is 10.1 Å². The van der Waals surface area contributed by atoms with Crippen LogP contribution in [-0.2, 0) is 4.74 Å². The van der Waals surface area contributed by atoms with E-state index in [1.165, 1.54) is 24.3 Å². The summed E-state index contributed by atoms with van der Waals surface area (Å²) in [5.41, 5.74) is 0.317. The van der Waals surface area contributed by atoms with Crippen molar-refractivity contribution in [3.63, 3.8) is 0 Å². The Morgan fingerprint density at radius 3 is 2.58 bits per heavy atom. The van der Waals surface area contributed by atoms with Gasteiger partial charge in [0, 0.05) is 12.1 Å². The van der Waals surface area contributed by atoms with Crippen LogP contribution in [0.25, 0.3) is 0 Å². The molecule has 1 fully saturated rings. The van der Waals surface area contributed by atoms with Gasteiger partial charge in [-0.1, -0.05) is 0 Å². The standard InChI is InChI=1S/C13H16N2O4/c1-14-8-9-6-12(7-9)19-13(16)10-2-4-11(5-3-10)15(17)18/h2-5,9,12,14H,6-8H2,1H3. The van der Waals surface area contributed by atoms with Crippen molar-refractivity contribution in [3.8, 4) is 0 Å². The highest BCUT2D eigenvalue weighted by molar-refractivity contribution is 5.89. The van der Waals surface area contributed by atoms with Gasteiger partial charge >= 0.3 is 5.97 Å². The fourth-order valence-corrected chi connectivity index (χ4v) is 2.16. The maximum Gasteiger partial charge on any atom is 0.338 e. The average Bonchev–Trinajstić information content (AvgIpc) is 2.36. The summed E-state index contributed by atoms with van der Waals surface area (Å²) in [5, 5.41) is 13.6. The molecule has 1 saturated carbocycles. The molecule has 0 saturated heterocycles. The van der Waals surface area contributed by atoms with Gasteiger partial charge in [-0.05, 0) is 44.5 Å². The number of ether oxygens (including phenoxy) is 1. The normalized spacial score (nSPS) is 21.5. The number of esters is 1. The molecule has 0 radical (unpaired) electrons. The Labute approximate surface area is 110 Å². The first kappa shape index (κ1) is 13.5. The number of hydrogen-bond donors (Lipinski definition) is 1. The van der Waals surface area contributed by atoms with Gasteiger partial charge in [0.2, 0.25) is 0 Å². The molecule has 6 nitrogen and oxygen atoms in total. The highest BCUT2D eigenvalue weighted by Gasteiger charge is 2.31. The van der Waals surface area contributed by atoms with Gasteiger partial charge in [-0.2, -0.15) is 0 Å². The molecule has 0 amide bonds. The SMILES string of the molecule is CNCC1CC(OC(=O)c2ccc([N+](=O)[O-])cc2)C1. The van der Waals surface area contributed by atoms with E-state index in [0.29, 0.717) is 11.5 Å². The van der Waals surface area contributed by atoms with Gasteiger partial charge in [-0.25, -0.2) is 4.79 Å². The van der Waals surface area contributed by atoms with Gasteiger partial charge < -0.3 is 10.1 Å². The molecule has 6 heteroatoms. The van der Waals surface area contributed by atoms with Crippen molar-refractivity contribution in [2.45, 2.75) is 18.9 Å². The Kier molecular flexibility index (Phi) is 4.11. The lowest BCUT2D eigenvalue weighted by Gasteiger charge is -2.34. The van der Waals surface area contributed by atoms with Crippen molar-refractivity contribution in [1.82, 2.24) is 5.32 Å². The summed E-state index contributed by atoms with van der Waals surface area (Å²) in [4.78, 5) is 21.8. The lowest BCUT2D eigenvalue weighted by atomic mass is 9.82. The molecule has 19 heavy (non-hydrogen) atoms. The van der Waals surface area contributed by atoms with Crippen LogP contribution in [0.1, 0.15) is 23.2 Å². The van der Waals surface area contributed by atoms with E-state index in [4.69, 9.17) is 4.74 Å². The minimum absolute atomic E-state index is 0.0268. The first-order valence-electron chi connectivity index (χ1n) is 6.20. The minimum Gasteiger partial charge on any atom is -0.459 e. The summed E-state index contributed by atoms with van der Waals surface area (Å²) < 4.78 is 5.31. The highest BCUT2D eigenvalue weighted by atomic mass is 16.6.